The number of benzene rings is 2. The van der Waals surface area contributed by atoms with E-state index in [1.165, 1.54) is 6.92 Å². The average Bonchev–Trinajstić information content (AvgIpc) is 2.81. The highest BCUT2D eigenvalue weighted by molar-refractivity contribution is 5.73. The van der Waals surface area contributed by atoms with Gasteiger partial charge in [-0.2, -0.15) is 0 Å². The molecule has 3 atom stereocenters. The maximum Gasteiger partial charge on any atom is 0.410 e. The first-order valence-corrected chi connectivity index (χ1v) is 12.2. The molecule has 2 amide bonds. The molecule has 0 radical (unpaired) electrons. The normalized spacial score (nSPS) is 19.1. The Bertz CT molecular complexity index is 929. The standard InChI is InChI=1S/C28H38N2O5/c1-21(31)29-24-15-16-30(27(32)35-28(2,3)4)25(17-24)26(34-19-23-13-9-6-10-14-23)20-33-18-22-11-7-5-8-12-22/h5-14,24-26H,15-20H2,1-4H3,(H,29,31)/t24-,25-,26-/m1/s1. The number of rotatable bonds is 9. The predicted molar refractivity (Wildman–Crippen MR) is 135 cm³/mol. The SMILES string of the molecule is CC(=O)N[C@@H]1CCN(C(=O)OC(C)(C)C)[C@@H]([C@@H](COCc2ccccc2)OCc2ccccc2)C1. The van der Waals surface area contributed by atoms with Crippen LogP contribution in [0.2, 0.25) is 0 Å². The second-order valence-corrected chi connectivity index (χ2v) is 10.00. The van der Waals surface area contributed by atoms with E-state index in [2.05, 4.69) is 5.32 Å². The molecule has 1 aliphatic heterocycles. The summed E-state index contributed by atoms with van der Waals surface area (Å²) in [4.78, 5) is 26.6. The van der Waals surface area contributed by atoms with E-state index in [0.717, 1.165) is 11.1 Å². The van der Waals surface area contributed by atoms with Gasteiger partial charge in [-0.15, -0.1) is 0 Å². The lowest BCUT2D eigenvalue weighted by molar-refractivity contribution is -0.120. The molecule has 1 saturated heterocycles. The van der Waals surface area contributed by atoms with Crippen molar-refractivity contribution < 1.29 is 23.8 Å². The molecule has 0 bridgehead atoms. The van der Waals surface area contributed by atoms with Crippen LogP contribution in [0, 0.1) is 0 Å². The Balaban J connectivity index is 1.79. The van der Waals surface area contributed by atoms with Crippen molar-refractivity contribution in [3.8, 4) is 0 Å². The number of nitrogens with one attached hydrogen (secondary N) is 1. The lowest BCUT2D eigenvalue weighted by Crippen LogP contribution is -2.58. The van der Waals surface area contributed by atoms with Crippen LogP contribution in [-0.2, 0) is 32.2 Å². The molecule has 3 rings (SSSR count). The number of nitrogens with zero attached hydrogens (tertiary/aromatic N) is 1. The highest BCUT2D eigenvalue weighted by atomic mass is 16.6. The van der Waals surface area contributed by atoms with Crippen molar-refractivity contribution in [3.63, 3.8) is 0 Å². The van der Waals surface area contributed by atoms with Gasteiger partial charge in [-0.3, -0.25) is 4.79 Å². The van der Waals surface area contributed by atoms with Crippen molar-refractivity contribution >= 4 is 12.0 Å². The Morgan fingerprint density at radius 2 is 1.60 bits per heavy atom. The van der Waals surface area contributed by atoms with Crippen molar-refractivity contribution in [3.05, 3.63) is 71.8 Å². The molecule has 0 saturated carbocycles. The summed E-state index contributed by atoms with van der Waals surface area (Å²) in [5.74, 6) is -0.0819. The molecule has 2 aromatic rings. The number of carbonyl (C=O) groups is 2. The van der Waals surface area contributed by atoms with Gasteiger partial charge in [0.15, 0.2) is 0 Å². The Labute approximate surface area is 208 Å². The van der Waals surface area contributed by atoms with E-state index >= 15 is 0 Å². The second kappa shape index (κ2) is 12.7. The van der Waals surface area contributed by atoms with E-state index in [-0.39, 0.29) is 24.1 Å². The van der Waals surface area contributed by atoms with Crippen LogP contribution in [0.4, 0.5) is 4.79 Å². The summed E-state index contributed by atoms with van der Waals surface area (Å²) in [6.45, 7) is 8.70. The largest absolute Gasteiger partial charge is 0.444 e. The molecule has 1 fully saturated rings. The maximum absolute atomic E-state index is 13.1. The number of piperidine rings is 1. The molecular formula is C28H38N2O5. The molecule has 0 spiro atoms. The molecule has 7 nitrogen and oxygen atoms in total. The van der Waals surface area contributed by atoms with Gasteiger partial charge >= 0.3 is 6.09 Å². The van der Waals surface area contributed by atoms with Crippen LogP contribution >= 0.6 is 0 Å². The monoisotopic (exact) mass is 482 g/mol. The second-order valence-electron chi connectivity index (χ2n) is 10.00. The molecule has 1 heterocycles. The van der Waals surface area contributed by atoms with Crippen molar-refractivity contribution in [1.29, 1.82) is 0 Å². The number of amides is 2. The average molecular weight is 483 g/mol. The minimum Gasteiger partial charge on any atom is -0.444 e. The van der Waals surface area contributed by atoms with Crippen LogP contribution in [0.3, 0.4) is 0 Å². The highest BCUT2D eigenvalue weighted by Crippen LogP contribution is 2.26. The number of likely N-dealkylation sites (tertiary alicyclic amines) is 1. The van der Waals surface area contributed by atoms with Crippen molar-refractivity contribution in [1.82, 2.24) is 10.2 Å². The van der Waals surface area contributed by atoms with Crippen LogP contribution in [0.25, 0.3) is 0 Å². The Morgan fingerprint density at radius 3 is 2.17 bits per heavy atom. The number of hydrogen-bond donors (Lipinski definition) is 1. The zero-order valence-corrected chi connectivity index (χ0v) is 21.2. The fourth-order valence-electron chi connectivity index (χ4n) is 4.23. The van der Waals surface area contributed by atoms with Crippen molar-refractivity contribution in [2.45, 2.75) is 77.5 Å². The van der Waals surface area contributed by atoms with Crippen LogP contribution in [0.1, 0.15) is 51.7 Å². The molecule has 1 N–H and O–H groups in total. The summed E-state index contributed by atoms with van der Waals surface area (Å²) in [6, 6.07) is 19.5. The molecular weight excluding hydrogens is 444 g/mol. The summed E-state index contributed by atoms with van der Waals surface area (Å²) in [5, 5.41) is 3.02. The van der Waals surface area contributed by atoms with Gasteiger partial charge in [0.05, 0.1) is 25.9 Å². The number of hydrogen-bond acceptors (Lipinski definition) is 5. The summed E-state index contributed by atoms with van der Waals surface area (Å²) < 4.78 is 18.2. The van der Waals surface area contributed by atoms with E-state index < -0.39 is 11.7 Å². The van der Waals surface area contributed by atoms with Crippen LogP contribution in [0.5, 0.6) is 0 Å². The van der Waals surface area contributed by atoms with Gasteiger partial charge in [0.25, 0.3) is 0 Å². The van der Waals surface area contributed by atoms with E-state index in [9.17, 15) is 9.59 Å². The first-order chi connectivity index (χ1) is 16.7. The predicted octanol–water partition coefficient (Wildman–Crippen LogP) is 4.69. The minimum absolute atomic E-state index is 0.0480. The molecule has 190 valence electrons. The first-order valence-electron chi connectivity index (χ1n) is 12.2. The van der Waals surface area contributed by atoms with Gasteiger partial charge < -0.3 is 24.4 Å². The van der Waals surface area contributed by atoms with Crippen molar-refractivity contribution in [2.24, 2.45) is 0 Å². The third kappa shape index (κ3) is 9.00. The number of carbonyl (C=O) groups excluding carboxylic acids is 2. The summed E-state index contributed by atoms with van der Waals surface area (Å²) in [6.07, 6.45) is 0.446. The lowest BCUT2D eigenvalue weighted by Gasteiger charge is -2.43. The zero-order chi connectivity index (χ0) is 25.3. The number of ether oxygens (including phenoxy) is 3. The fraction of sp³-hybridized carbons (Fsp3) is 0.500. The van der Waals surface area contributed by atoms with Gasteiger partial charge in [-0.05, 0) is 44.7 Å². The topological polar surface area (TPSA) is 77.1 Å². The summed E-state index contributed by atoms with van der Waals surface area (Å²) >= 11 is 0. The zero-order valence-electron chi connectivity index (χ0n) is 21.2. The lowest BCUT2D eigenvalue weighted by atomic mass is 9.93. The van der Waals surface area contributed by atoms with E-state index in [0.29, 0.717) is 39.2 Å². The summed E-state index contributed by atoms with van der Waals surface area (Å²) in [5.41, 5.74) is 1.50. The van der Waals surface area contributed by atoms with Gasteiger partial charge in [-0.25, -0.2) is 4.79 Å². The van der Waals surface area contributed by atoms with Gasteiger partial charge in [0, 0.05) is 19.5 Å². The molecule has 35 heavy (non-hydrogen) atoms. The van der Waals surface area contributed by atoms with Crippen LogP contribution in [0.15, 0.2) is 60.7 Å². The van der Waals surface area contributed by atoms with E-state index in [4.69, 9.17) is 14.2 Å². The van der Waals surface area contributed by atoms with E-state index in [1.54, 1.807) is 4.90 Å². The summed E-state index contributed by atoms with van der Waals surface area (Å²) in [7, 11) is 0. The van der Waals surface area contributed by atoms with Crippen LogP contribution < -0.4 is 5.32 Å². The minimum atomic E-state index is -0.611. The quantitative estimate of drug-likeness (QED) is 0.561. The Kier molecular flexibility index (Phi) is 9.69. The van der Waals surface area contributed by atoms with Crippen LogP contribution in [-0.4, -0.2) is 53.8 Å². The van der Waals surface area contributed by atoms with Gasteiger partial charge in [0.2, 0.25) is 5.91 Å². The van der Waals surface area contributed by atoms with Gasteiger partial charge in [0.1, 0.15) is 11.7 Å². The molecule has 7 heteroatoms. The van der Waals surface area contributed by atoms with E-state index in [1.807, 2.05) is 81.4 Å². The molecule has 0 aliphatic carbocycles. The van der Waals surface area contributed by atoms with Crippen molar-refractivity contribution in [2.75, 3.05) is 13.2 Å². The first kappa shape index (κ1) is 26.7. The van der Waals surface area contributed by atoms with Gasteiger partial charge in [-0.1, -0.05) is 60.7 Å². The third-order valence-electron chi connectivity index (χ3n) is 5.81. The molecule has 1 aliphatic rings. The Morgan fingerprint density at radius 1 is 1.00 bits per heavy atom. The molecule has 2 aromatic carbocycles. The molecule has 0 unspecified atom stereocenters. The Hall–Kier alpha value is -2.90. The fourth-order valence-corrected chi connectivity index (χ4v) is 4.23. The smallest absolute Gasteiger partial charge is 0.410 e. The maximum atomic E-state index is 13.1. The third-order valence-corrected chi connectivity index (χ3v) is 5.81. The molecule has 0 aromatic heterocycles. The highest BCUT2D eigenvalue weighted by Gasteiger charge is 2.39.